The highest BCUT2D eigenvalue weighted by Gasteiger charge is 2.22. The van der Waals surface area contributed by atoms with Crippen molar-refractivity contribution in [3.63, 3.8) is 0 Å². The standard InChI is InChI=1S/C17H21N3O4/c1-4-13(23-5-2)16(21)20-15-12(17(22)24-6-3)10-11-8-7-9-18-14(11)19-15/h7-10,13H,4-6H2,1-3H3,(H,18,19,20,21). The largest absolute Gasteiger partial charge is 0.462 e. The molecule has 0 spiro atoms. The molecule has 0 aliphatic rings. The Morgan fingerprint density at radius 1 is 1.25 bits per heavy atom. The minimum atomic E-state index is -0.605. The Kier molecular flexibility index (Phi) is 6.20. The Hall–Kier alpha value is -2.54. The summed E-state index contributed by atoms with van der Waals surface area (Å²) in [5.74, 6) is -0.772. The Labute approximate surface area is 140 Å². The number of esters is 1. The van der Waals surface area contributed by atoms with Gasteiger partial charge in [-0.1, -0.05) is 6.92 Å². The lowest BCUT2D eigenvalue weighted by molar-refractivity contribution is -0.127. The van der Waals surface area contributed by atoms with Gasteiger partial charge in [0.05, 0.1) is 6.61 Å². The maximum absolute atomic E-state index is 12.4. The summed E-state index contributed by atoms with van der Waals surface area (Å²) in [4.78, 5) is 33.0. The van der Waals surface area contributed by atoms with E-state index in [1.165, 1.54) is 0 Å². The van der Waals surface area contributed by atoms with Crippen LogP contribution in [0.5, 0.6) is 0 Å². The number of amides is 1. The van der Waals surface area contributed by atoms with Gasteiger partial charge >= 0.3 is 5.97 Å². The molecule has 2 aromatic heterocycles. The molecule has 0 saturated carbocycles. The number of nitrogens with one attached hydrogen (secondary N) is 1. The fourth-order valence-electron chi connectivity index (χ4n) is 2.24. The van der Waals surface area contributed by atoms with Crippen molar-refractivity contribution in [1.29, 1.82) is 0 Å². The summed E-state index contributed by atoms with van der Waals surface area (Å²) >= 11 is 0. The Balaban J connectivity index is 2.40. The van der Waals surface area contributed by atoms with E-state index >= 15 is 0 Å². The number of hydrogen-bond donors (Lipinski definition) is 1. The van der Waals surface area contributed by atoms with E-state index in [0.717, 1.165) is 0 Å². The molecular formula is C17H21N3O4. The molecule has 128 valence electrons. The molecular weight excluding hydrogens is 310 g/mol. The van der Waals surface area contributed by atoms with Crippen LogP contribution < -0.4 is 5.32 Å². The highest BCUT2D eigenvalue weighted by molar-refractivity contribution is 6.03. The SMILES string of the molecule is CCOC(=O)c1cc2cccnc2nc1NC(=O)C(CC)OCC. The van der Waals surface area contributed by atoms with E-state index in [1.807, 2.05) is 13.8 Å². The van der Waals surface area contributed by atoms with E-state index < -0.39 is 12.1 Å². The van der Waals surface area contributed by atoms with Crippen molar-refractivity contribution in [3.8, 4) is 0 Å². The van der Waals surface area contributed by atoms with E-state index in [4.69, 9.17) is 9.47 Å². The van der Waals surface area contributed by atoms with Crippen LogP contribution >= 0.6 is 0 Å². The van der Waals surface area contributed by atoms with Crippen molar-refractivity contribution >= 4 is 28.7 Å². The van der Waals surface area contributed by atoms with Gasteiger partial charge in [-0.15, -0.1) is 0 Å². The van der Waals surface area contributed by atoms with Crippen LogP contribution in [0.2, 0.25) is 0 Å². The molecule has 1 atom stereocenters. The molecule has 24 heavy (non-hydrogen) atoms. The summed E-state index contributed by atoms with van der Waals surface area (Å²) in [5, 5.41) is 3.35. The highest BCUT2D eigenvalue weighted by atomic mass is 16.5. The Morgan fingerprint density at radius 2 is 2.04 bits per heavy atom. The summed E-state index contributed by atoms with van der Waals surface area (Å²) in [6.07, 6.45) is 1.51. The van der Waals surface area contributed by atoms with Gasteiger partial charge in [0.2, 0.25) is 0 Å². The van der Waals surface area contributed by atoms with Crippen LogP contribution in [-0.4, -0.2) is 41.2 Å². The number of carbonyl (C=O) groups excluding carboxylic acids is 2. The van der Waals surface area contributed by atoms with Crippen molar-refractivity contribution in [2.24, 2.45) is 0 Å². The van der Waals surface area contributed by atoms with Gasteiger partial charge in [0.1, 0.15) is 17.5 Å². The van der Waals surface area contributed by atoms with Gasteiger partial charge in [-0.25, -0.2) is 14.8 Å². The third-order valence-electron chi connectivity index (χ3n) is 3.36. The Bertz CT molecular complexity index is 733. The molecule has 0 aliphatic carbocycles. The third-order valence-corrected chi connectivity index (χ3v) is 3.36. The zero-order valence-corrected chi connectivity index (χ0v) is 14.0. The molecule has 0 bridgehead atoms. The molecule has 0 fully saturated rings. The second kappa shape index (κ2) is 8.35. The van der Waals surface area contributed by atoms with Crippen LogP contribution in [0.4, 0.5) is 5.82 Å². The van der Waals surface area contributed by atoms with Crippen molar-refractivity contribution in [2.45, 2.75) is 33.3 Å². The fourth-order valence-corrected chi connectivity index (χ4v) is 2.24. The minimum absolute atomic E-state index is 0.128. The molecule has 0 aromatic carbocycles. The second-order valence-electron chi connectivity index (χ2n) is 5.00. The van der Waals surface area contributed by atoms with E-state index in [0.29, 0.717) is 24.1 Å². The van der Waals surface area contributed by atoms with Crippen molar-refractivity contribution in [2.75, 3.05) is 18.5 Å². The molecule has 0 aliphatic heterocycles. The molecule has 0 radical (unpaired) electrons. The number of nitrogens with zero attached hydrogens (tertiary/aromatic N) is 2. The average Bonchev–Trinajstić information content (AvgIpc) is 2.59. The maximum Gasteiger partial charge on any atom is 0.341 e. The van der Waals surface area contributed by atoms with Crippen LogP contribution in [0.1, 0.15) is 37.6 Å². The predicted octanol–water partition coefficient (Wildman–Crippen LogP) is 2.56. The number of pyridine rings is 2. The normalized spacial score (nSPS) is 12.0. The fraction of sp³-hybridized carbons (Fsp3) is 0.412. The monoisotopic (exact) mass is 331 g/mol. The molecule has 1 N–H and O–H groups in total. The molecule has 2 aromatic rings. The number of fused-ring (bicyclic) bond motifs is 1. The zero-order valence-electron chi connectivity index (χ0n) is 14.0. The topological polar surface area (TPSA) is 90.4 Å². The zero-order chi connectivity index (χ0) is 17.5. The predicted molar refractivity (Wildman–Crippen MR) is 89.8 cm³/mol. The number of anilines is 1. The highest BCUT2D eigenvalue weighted by Crippen LogP contribution is 2.21. The minimum Gasteiger partial charge on any atom is -0.462 e. The van der Waals surface area contributed by atoms with Gasteiger partial charge in [0.15, 0.2) is 5.65 Å². The molecule has 0 saturated heterocycles. The van der Waals surface area contributed by atoms with Gasteiger partial charge in [-0.05, 0) is 38.5 Å². The molecule has 1 amide bonds. The van der Waals surface area contributed by atoms with E-state index in [2.05, 4.69) is 15.3 Å². The van der Waals surface area contributed by atoms with Gasteiger partial charge < -0.3 is 14.8 Å². The van der Waals surface area contributed by atoms with Crippen molar-refractivity contribution in [3.05, 3.63) is 30.0 Å². The van der Waals surface area contributed by atoms with E-state index in [-0.39, 0.29) is 23.9 Å². The molecule has 1 unspecified atom stereocenters. The van der Waals surface area contributed by atoms with Crippen LogP contribution in [0.3, 0.4) is 0 Å². The smallest absolute Gasteiger partial charge is 0.341 e. The quantitative estimate of drug-likeness (QED) is 0.784. The maximum atomic E-state index is 12.4. The summed E-state index contributed by atoms with van der Waals surface area (Å²) in [5.41, 5.74) is 0.627. The summed E-state index contributed by atoms with van der Waals surface area (Å²) in [6, 6.07) is 5.16. The first-order chi connectivity index (χ1) is 11.6. The first-order valence-corrected chi connectivity index (χ1v) is 7.96. The van der Waals surface area contributed by atoms with E-state index in [1.54, 1.807) is 31.3 Å². The Morgan fingerprint density at radius 3 is 2.71 bits per heavy atom. The average molecular weight is 331 g/mol. The lowest BCUT2D eigenvalue weighted by Gasteiger charge is -2.16. The number of aromatic nitrogens is 2. The van der Waals surface area contributed by atoms with E-state index in [9.17, 15) is 9.59 Å². The molecule has 7 heteroatoms. The first-order valence-electron chi connectivity index (χ1n) is 7.96. The summed E-state index contributed by atoms with van der Waals surface area (Å²) in [6.45, 7) is 6.03. The number of rotatable bonds is 7. The molecule has 2 rings (SSSR count). The molecule has 2 heterocycles. The lowest BCUT2D eigenvalue weighted by atomic mass is 10.2. The summed E-state index contributed by atoms with van der Waals surface area (Å²) in [7, 11) is 0. The van der Waals surface area contributed by atoms with Gasteiger partial charge in [0, 0.05) is 18.2 Å². The first kappa shape index (κ1) is 17.8. The number of hydrogen-bond acceptors (Lipinski definition) is 6. The summed E-state index contributed by atoms with van der Waals surface area (Å²) < 4.78 is 10.4. The third kappa shape index (κ3) is 4.05. The van der Waals surface area contributed by atoms with Gasteiger partial charge in [-0.2, -0.15) is 0 Å². The van der Waals surface area contributed by atoms with Crippen LogP contribution in [0.25, 0.3) is 11.0 Å². The number of ether oxygens (including phenoxy) is 2. The van der Waals surface area contributed by atoms with Crippen LogP contribution in [-0.2, 0) is 14.3 Å². The van der Waals surface area contributed by atoms with Gasteiger partial charge in [-0.3, -0.25) is 4.79 Å². The molecule has 7 nitrogen and oxygen atoms in total. The van der Waals surface area contributed by atoms with Crippen LogP contribution in [0, 0.1) is 0 Å². The lowest BCUT2D eigenvalue weighted by Crippen LogP contribution is -2.31. The van der Waals surface area contributed by atoms with Crippen LogP contribution in [0.15, 0.2) is 24.4 Å². The van der Waals surface area contributed by atoms with Crippen molar-refractivity contribution in [1.82, 2.24) is 9.97 Å². The second-order valence-corrected chi connectivity index (χ2v) is 5.00. The number of carbonyl (C=O) groups is 2. The van der Waals surface area contributed by atoms with Gasteiger partial charge in [0.25, 0.3) is 5.91 Å². The van der Waals surface area contributed by atoms with Crippen molar-refractivity contribution < 1.29 is 19.1 Å².